The molecule has 2 aromatic carbocycles. The molecule has 0 unspecified atom stereocenters. The third-order valence-corrected chi connectivity index (χ3v) is 4.18. The van der Waals surface area contributed by atoms with Crippen LogP contribution in [0.3, 0.4) is 0 Å². The molecule has 144 valence electrons. The lowest BCUT2D eigenvalue weighted by molar-refractivity contribution is -0.147. The molecule has 0 fully saturated rings. The minimum atomic E-state index is -0.438. The van der Waals surface area contributed by atoms with E-state index in [-0.39, 0.29) is 18.9 Å². The standard InChI is InChI=1S/C21H25NO5/c1-14-5-7-17(9-15(14)2)22-20(23)13-27-21(24)8-6-16-10-18(25-3)12-19(11-16)26-4/h5,7,9-12H,6,8,13H2,1-4H3,(H,22,23). The van der Waals surface area contributed by atoms with Gasteiger partial charge in [-0.3, -0.25) is 9.59 Å². The van der Waals surface area contributed by atoms with Crippen LogP contribution in [0.15, 0.2) is 36.4 Å². The number of nitrogens with one attached hydrogen (secondary N) is 1. The summed E-state index contributed by atoms with van der Waals surface area (Å²) in [5.74, 6) is 0.512. The van der Waals surface area contributed by atoms with E-state index in [4.69, 9.17) is 14.2 Å². The summed E-state index contributed by atoms with van der Waals surface area (Å²) < 4.78 is 15.5. The van der Waals surface area contributed by atoms with Gasteiger partial charge in [0.05, 0.1) is 14.2 Å². The zero-order valence-electron chi connectivity index (χ0n) is 16.1. The fraction of sp³-hybridized carbons (Fsp3) is 0.333. The Hall–Kier alpha value is -3.02. The van der Waals surface area contributed by atoms with Crippen LogP contribution in [-0.4, -0.2) is 32.7 Å². The number of amides is 1. The average molecular weight is 371 g/mol. The van der Waals surface area contributed by atoms with Gasteiger partial charge in [-0.05, 0) is 61.2 Å². The van der Waals surface area contributed by atoms with Crippen LogP contribution in [0.5, 0.6) is 11.5 Å². The monoisotopic (exact) mass is 371 g/mol. The van der Waals surface area contributed by atoms with Gasteiger partial charge in [-0.25, -0.2) is 0 Å². The van der Waals surface area contributed by atoms with Crippen LogP contribution in [0, 0.1) is 13.8 Å². The Morgan fingerprint density at radius 1 is 0.926 bits per heavy atom. The molecule has 6 heteroatoms. The zero-order valence-corrected chi connectivity index (χ0v) is 16.1. The smallest absolute Gasteiger partial charge is 0.306 e. The summed E-state index contributed by atoms with van der Waals surface area (Å²) in [6.45, 7) is 3.66. The lowest BCUT2D eigenvalue weighted by Gasteiger charge is -2.09. The Bertz CT molecular complexity index is 794. The minimum Gasteiger partial charge on any atom is -0.497 e. The van der Waals surface area contributed by atoms with Crippen LogP contribution in [0.4, 0.5) is 5.69 Å². The normalized spacial score (nSPS) is 10.2. The topological polar surface area (TPSA) is 73.9 Å². The molecule has 0 heterocycles. The van der Waals surface area contributed by atoms with Gasteiger partial charge < -0.3 is 19.5 Å². The lowest BCUT2D eigenvalue weighted by atomic mass is 10.1. The molecule has 1 amide bonds. The fourth-order valence-corrected chi connectivity index (χ4v) is 2.49. The molecule has 0 aliphatic carbocycles. The maximum Gasteiger partial charge on any atom is 0.306 e. The summed E-state index contributed by atoms with van der Waals surface area (Å²) in [7, 11) is 3.14. The van der Waals surface area contributed by atoms with Gasteiger partial charge in [-0.2, -0.15) is 0 Å². The number of methoxy groups -OCH3 is 2. The van der Waals surface area contributed by atoms with Gasteiger partial charge in [-0.15, -0.1) is 0 Å². The van der Waals surface area contributed by atoms with Crippen LogP contribution >= 0.6 is 0 Å². The van der Waals surface area contributed by atoms with Crippen LogP contribution in [0.2, 0.25) is 0 Å². The zero-order chi connectivity index (χ0) is 19.8. The van der Waals surface area contributed by atoms with E-state index in [0.717, 1.165) is 16.7 Å². The predicted octanol–water partition coefficient (Wildman–Crippen LogP) is 3.44. The van der Waals surface area contributed by atoms with Crippen molar-refractivity contribution in [3.8, 4) is 11.5 Å². The van der Waals surface area contributed by atoms with E-state index in [9.17, 15) is 9.59 Å². The number of hydrogen-bond acceptors (Lipinski definition) is 5. The van der Waals surface area contributed by atoms with Crippen molar-refractivity contribution in [2.24, 2.45) is 0 Å². The molecule has 0 aliphatic rings. The van der Waals surface area contributed by atoms with E-state index in [0.29, 0.717) is 23.6 Å². The van der Waals surface area contributed by atoms with Crippen molar-refractivity contribution in [1.29, 1.82) is 0 Å². The van der Waals surface area contributed by atoms with Crippen LogP contribution in [0.1, 0.15) is 23.1 Å². The van der Waals surface area contributed by atoms with E-state index < -0.39 is 5.97 Å². The summed E-state index contributed by atoms with van der Waals surface area (Å²) in [6, 6.07) is 11.1. The van der Waals surface area contributed by atoms with Gasteiger partial charge in [-0.1, -0.05) is 6.07 Å². The highest BCUT2D eigenvalue weighted by atomic mass is 16.5. The van der Waals surface area contributed by atoms with Crippen molar-refractivity contribution in [3.63, 3.8) is 0 Å². The first kappa shape index (κ1) is 20.3. The SMILES string of the molecule is COc1cc(CCC(=O)OCC(=O)Nc2ccc(C)c(C)c2)cc(OC)c1. The van der Waals surface area contributed by atoms with Crippen molar-refractivity contribution < 1.29 is 23.8 Å². The Morgan fingerprint density at radius 3 is 2.19 bits per heavy atom. The van der Waals surface area contributed by atoms with Gasteiger partial charge in [0.15, 0.2) is 6.61 Å². The van der Waals surface area contributed by atoms with Gasteiger partial charge in [0, 0.05) is 18.2 Å². The molecule has 0 spiro atoms. The third-order valence-electron chi connectivity index (χ3n) is 4.18. The highest BCUT2D eigenvalue weighted by Gasteiger charge is 2.10. The number of hydrogen-bond donors (Lipinski definition) is 1. The van der Waals surface area contributed by atoms with E-state index >= 15 is 0 Å². The molecule has 6 nitrogen and oxygen atoms in total. The molecule has 0 bridgehead atoms. The number of carbonyl (C=O) groups is 2. The summed E-state index contributed by atoms with van der Waals surface area (Å²) in [6.07, 6.45) is 0.623. The molecule has 0 aromatic heterocycles. The Labute approximate surface area is 159 Å². The highest BCUT2D eigenvalue weighted by Crippen LogP contribution is 2.23. The first-order chi connectivity index (χ1) is 12.9. The summed E-state index contributed by atoms with van der Waals surface area (Å²) in [5, 5.41) is 2.72. The molecule has 1 N–H and O–H groups in total. The molecule has 0 atom stereocenters. The number of carbonyl (C=O) groups excluding carboxylic acids is 2. The quantitative estimate of drug-likeness (QED) is 0.720. The molecule has 0 radical (unpaired) electrons. The number of rotatable bonds is 8. The van der Waals surface area contributed by atoms with Gasteiger partial charge >= 0.3 is 5.97 Å². The molecule has 2 rings (SSSR count). The number of benzene rings is 2. The molecule has 0 aliphatic heterocycles. The number of aryl methyl sites for hydroxylation is 3. The van der Waals surface area contributed by atoms with Crippen LogP contribution in [0.25, 0.3) is 0 Å². The van der Waals surface area contributed by atoms with Crippen molar-refractivity contribution >= 4 is 17.6 Å². The largest absolute Gasteiger partial charge is 0.497 e. The van der Waals surface area contributed by atoms with Gasteiger partial charge in [0.2, 0.25) is 0 Å². The summed E-state index contributed by atoms with van der Waals surface area (Å²) in [4.78, 5) is 23.8. The molecule has 27 heavy (non-hydrogen) atoms. The lowest BCUT2D eigenvalue weighted by Crippen LogP contribution is -2.21. The average Bonchev–Trinajstić information content (AvgIpc) is 2.67. The maximum absolute atomic E-state index is 11.9. The van der Waals surface area contributed by atoms with Crippen LogP contribution in [-0.2, 0) is 20.7 Å². The third kappa shape index (κ3) is 6.33. The van der Waals surface area contributed by atoms with Crippen molar-refractivity contribution in [2.45, 2.75) is 26.7 Å². The second-order valence-corrected chi connectivity index (χ2v) is 6.23. The van der Waals surface area contributed by atoms with Crippen molar-refractivity contribution in [3.05, 3.63) is 53.1 Å². The van der Waals surface area contributed by atoms with Crippen molar-refractivity contribution in [2.75, 3.05) is 26.1 Å². The van der Waals surface area contributed by atoms with E-state index in [1.807, 2.05) is 44.2 Å². The van der Waals surface area contributed by atoms with Crippen molar-refractivity contribution in [1.82, 2.24) is 0 Å². The second-order valence-electron chi connectivity index (χ2n) is 6.23. The predicted molar refractivity (Wildman–Crippen MR) is 103 cm³/mol. The molecule has 2 aromatic rings. The van der Waals surface area contributed by atoms with Gasteiger partial charge in [0.25, 0.3) is 5.91 Å². The van der Waals surface area contributed by atoms with E-state index in [2.05, 4.69) is 5.32 Å². The second kappa shape index (κ2) is 9.62. The molecular formula is C21H25NO5. The fourth-order valence-electron chi connectivity index (χ4n) is 2.49. The Kier molecular flexibility index (Phi) is 7.23. The summed E-state index contributed by atoms with van der Waals surface area (Å²) in [5.41, 5.74) is 3.80. The number of esters is 1. The van der Waals surface area contributed by atoms with E-state index in [1.54, 1.807) is 20.3 Å². The molecular weight excluding hydrogens is 346 g/mol. The first-order valence-corrected chi connectivity index (χ1v) is 8.66. The summed E-state index contributed by atoms with van der Waals surface area (Å²) >= 11 is 0. The molecule has 0 saturated heterocycles. The minimum absolute atomic E-state index is 0.160. The Balaban J connectivity index is 1.80. The number of ether oxygens (including phenoxy) is 3. The van der Waals surface area contributed by atoms with Crippen LogP contribution < -0.4 is 14.8 Å². The highest BCUT2D eigenvalue weighted by molar-refractivity contribution is 5.92. The Morgan fingerprint density at radius 2 is 1.59 bits per heavy atom. The van der Waals surface area contributed by atoms with Gasteiger partial charge in [0.1, 0.15) is 11.5 Å². The molecule has 0 saturated carbocycles. The number of anilines is 1. The van der Waals surface area contributed by atoms with E-state index in [1.165, 1.54) is 0 Å². The first-order valence-electron chi connectivity index (χ1n) is 8.66. The maximum atomic E-state index is 11.9.